The van der Waals surface area contributed by atoms with Crippen LogP contribution in [0.15, 0.2) is 29.4 Å². The summed E-state index contributed by atoms with van der Waals surface area (Å²) in [6, 6.07) is 6.56. The van der Waals surface area contributed by atoms with Crippen molar-refractivity contribution in [3.63, 3.8) is 0 Å². The number of hydrogen-bond acceptors (Lipinski definition) is 10. The number of sulfonamides is 1. The minimum Gasteiger partial charge on any atom is -0.377 e. The number of ether oxygens (including phenoxy) is 1. The molecule has 0 bridgehead atoms. The molecule has 4 aromatic rings. The van der Waals surface area contributed by atoms with E-state index in [-0.39, 0.29) is 16.1 Å². The van der Waals surface area contributed by atoms with E-state index in [1.165, 1.54) is 23.0 Å². The average molecular weight is 547 g/mol. The van der Waals surface area contributed by atoms with E-state index in [0.29, 0.717) is 71.7 Å². The molecule has 37 heavy (non-hydrogen) atoms. The summed E-state index contributed by atoms with van der Waals surface area (Å²) < 4.78 is 62.6. The molecule has 6 rings (SSSR count). The monoisotopic (exact) mass is 546 g/mol. The highest BCUT2D eigenvalue weighted by Crippen LogP contribution is 2.40. The minimum absolute atomic E-state index is 0.0155. The van der Waals surface area contributed by atoms with Gasteiger partial charge in [0.15, 0.2) is 10.7 Å². The number of nitrogens with zero attached hydrogens (tertiary/aromatic N) is 7. The van der Waals surface area contributed by atoms with Crippen molar-refractivity contribution in [1.29, 1.82) is 5.26 Å². The molecule has 3 aromatic heterocycles. The van der Waals surface area contributed by atoms with Gasteiger partial charge in [-0.15, -0.1) is 10.2 Å². The molecule has 0 spiro atoms. The standard InChI is InChI=1S/C22H20F2N8O3S2/c1-12-9-35-7-6-31(12)18-16-14-3-2-13(37(33,34)30-22(10-25)4-5-22)8-15(14)32(19(16)27-11-26-18)21-29-28-20(36-21)17(23)24/h2-3,8,11-12,17,30H,4-7,9H2,1H3. The van der Waals surface area contributed by atoms with Gasteiger partial charge in [0.1, 0.15) is 17.7 Å². The van der Waals surface area contributed by atoms with Crippen molar-refractivity contribution in [3.8, 4) is 11.2 Å². The zero-order chi connectivity index (χ0) is 25.9. The predicted octanol–water partition coefficient (Wildman–Crippen LogP) is 2.92. The molecule has 1 atom stereocenters. The fourth-order valence-corrected chi connectivity index (χ4v) is 6.61. The fraction of sp³-hybridized carbons (Fsp3) is 0.409. The lowest BCUT2D eigenvalue weighted by atomic mass is 10.1. The number of hydrogen-bond donors (Lipinski definition) is 1. The molecular formula is C22H20F2N8O3S2. The second-order valence-corrected chi connectivity index (χ2v) is 11.7. The first kappa shape index (κ1) is 24.0. The molecule has 1 unspecified atom stereocenters. The molecule has 0 radical (unpaired) electrons. The molecule has 15 heteroatoms. The number of morpholine rings is 1. The molecule has 1 aliphatic heterocycles. The number of fused-ring (bicyclic) bond motifs is 3. The highest BCUT2D eigenvalue weighted by atomic mass is 32.2. The van der Waals surface area contributed by atoms with Crippen molar-refractivity contribution in [2.45, 2.75) is 42.7 Å². The summed E-state index contributed by atoms with van der Waals surface area (Å²) >= 11 is 0.696. The third-order valence-electron chi connectivity index (χ3n) is 6.55. The number of nitrogens with one attached hydrogen (secondary N) is 1. The van der Waals surface area contributed by atoms with Gasteiger partial charge in [-0.3, -0.25) is 4.57 Å². The molecular weight excluding hydrogens is 526 g/mol. The van der Waals surface area contributed by atoms with Crippen LogP contribution in [0.3, 0.4) is 0 Å². The van der Waals surface area contributed by atoms with Gasteiger partial charge in [-0.2, -0.15) is 9.98 Å². The van der Waals surface area contributed by atoms with Crippen LogP contribution in [0.25, 0.3) is 27.1 Å². The van der Waals surface area contributed by atoms with Gasteiger partial charge in [-0.05, 0) is 31.9 Å². The van der Waals surface area contributed by atoms with Crippen LogP contribution >= 0.6 is 11.3 Å². The minimum atomic E-state index is -4.04. The topological polar surface area (TPSA) is 139 Å². The van der Waals surface area contributed by atoms with E-state index in [1.54, 1.807) is 6.07 Å². The SMILES string of the molecule is CC1COCCN1c1ncnc2c1c1ccc(S(=O)(=O)NC3(C#N)CC3)cc1n2-c1nnc(C(F)F)s1. The third kappa shape index (κ3) is 4.00. The first-order valence-electron chi connectivity index (χ1n) is 11.4. The van der Waals surface area contributed by atoms with Gasteiger partial charge in [-0.25, -0.2) is 27.2 Å². The van der Waals surface area contributed by atoms with E-state index in [2.05, 4.69) is 29.8 Å². The number of nitriles is 1. The third-order valence-corrected chi connectivity index (χ3v) is 9.00. The van der Waals surface area contributed by atoms with Gasteiger partial charge in [0.05, 0.1) is 41.1 Å². The normalized spacial score (nSPS) is 19.5. The molecule has 1 N–H and O–H groups in total. The van der Waals surface area contributed by atoms with Crippen LogP contribution in [0.5, 0.6) is 0 Å². The Hall–Kier alpha value is -3.32. The maximum atomic E-state index is 13.4. The summed E-state index contributed by atoms with van der Waals surface area (Å²) in [6.07, 6.45) is -0.556. The van der Waals surface area contributed by atoms with Crippen LogP contribution in [0, 0.1) is 11.3 Å². The van der Waals surface area contributed by atoms with Gasteiger partial charge in [0.2, 0.25) is 15.2 Å². The second kappa shape index (κ2) is 8.62. The zero-order valence-electron chi connectivity index (χ0n) is 19.4. The molecule has 1 aromatic carbocycles. The highest BCUT2D eigenvalue weighted by molar-refractivity contribution is 7.89. The van der Waals surface area contributed by atoms with Crippen LogP contribution in [0.1, 0.15) is 31.2 Å². The Bertz CT molecular complexity index is 1680. The molecule has 1 saturated carbocycles. The van der Waals surface area contributed by atoms with Gasteiger partial charge in [0, 0.05) is 11.9 Å². The first-order chi connectivity index (χ1) is 17.7. The van der Waals surface area contributed by atoms with E-state index in [1.807, 2.05) is 13.0 Å². The Labute approximate surface area is 213 Å². The van der Waals surface area contributed by atoms with Gasteiger partial charge < -0.3 is 9.64 Å². The van der Waals surface area contributed by atoms with Crippen LogP contribution in [0.4, 0.5) is 14.6 Å². The van der Waals surface area contributed by atoms with Gasteiger partial charge >= 0.3 is 0 Å². The Morgan fingerprint density at radius 3 is 2.78 bits per heavy atom. The van der Waals surface area contributed by atoms with Crippen molar-refractivity contribution in [2.75, 3.05) is 24.7 Å². The molecule has 11 nitrogen and oxygen atoms in total. The second-order valence-electron chi connectivity index (χ2n) is 9.05. The zero-order valence-corrected chi connectivity index (χ0v) is 21.1. The fourth-order valence-electron chi connectivity index (χ4n) is 4.50. The van der Waals surface area contributed by atoms with Crippen molar-refractivity contribution in [1.82, 2.24) is 29.5 Å². The quantitative estimate of drug-likeness (QED) is 0.387. The molecule has 2 fully saturated rings. The van der Waals surface area contributed by atoms with Crippen molar-refractivity contribution in [3.05, 3.63) is 29.5 Å². The van der Waals surface area contributed by atoms with Crippen molar-refractivity contribution < 1.29 is 21.9 Å². The van der Waals surface area contributed by atoms with E-state index >= 15 is 0 Å². The Kier molecular flexibility index (Phi) is 5.60. The van der Waals surface area contributed by atoms with Crippen LogP contribution in [0.2, 0.25) is 0 Å². The molecule has 2 aliphatic rings. The average Bonchev–Trinajstić information content (AvgIpc) is 3.32. The van der Waals surface area contributed by atoms with E-state index in [9.17, 15) is 22.5 Å². The van der Waals surface area contributed by atoms with Crippen molar-refractivity contribution in [2.24, 2.45) is 0 Å². The van der Waals surface area contributed by atoms with E-state index in [0.717, 1.165) is 0 Å². The van der Waals surface area contributed by atoms with Gasteiger partial charge in [0.25, 0.3) is 6.43 Å². The van der Waals surface area contributed by atoms with Crippen LogP contribution in [-0.4, -0.2) is 64.5 Å². The molecule has 192 valence electrons. The predicted molar refractivity (Wildman–Crippen MR) is 130 cm³/mol. The molecule has 4 heterocycles. The molecule has 1 saturated heterocycles. The smallest absolute Gasteiger partial charge is 0.291 e. The summed E-state index contributed by atoms with van der Waals surface area (Å²) in [7, 11) is -4.04. The lowest BCUT2D eigenvalue weighted by molar-refractivity contribution is 0.0987. The van der Waals surface area contributed by atoms with E-state index in [4.69, 9.17) is 4.74 Å². The van der Waals surface area contributed by atoms with Crippen LogP contribution < -0.4 is 9.62 Å². The van der Waals surface area contributed by atoms with Gasteiger partial charge in [-0.1, -0.05) is 17.4 Å². The molecule has 0 amide bonds. The molecule has 1 aliphatic carbocycles. The lowest BCUT2D eigenvalue weighted by Gasteiger charge is -2.34. The number of alkyl halides is 2. The Morgan fingerprint density at radius 2 is 2.11 bits per heavy atom. The Balaban J connectivity index is 1.60. The maximum absolute atomic E-state index is 13.4. The largest absolute Gasteiger partial charge is 0.377 e. The Morgan fingerprint density at radius 1 is 1.30 bits per heavy atom. The maximum Gasteiger partial charge on any atom is 0.291 e. The number of aromatic nitrogens is 5. The lowest BCUT2D eigenvalue weighted by Crippen LogP contribution is -2.44. The summed E-state index contributed by atoms with van der Waals surface area (Å²) in [5, 5.41) is 17.8. The van der Waals surface area contributed by atoms with Crippen molar-refractivity contribution >= 4 is 49.1 Å². The number of rotatable bonds is 6. The summed E-state index contributed by atoms with van der Waals surface area (Å²) in [5.74, 6) is 0.623. The summed E-state index contributed by atoms with van der Waals surface area (Å²) in [5.41, 5.74) is -0.329. The first-order valence-corrected chi connectivity index (χ1v) is 13.7. The number of halogens is 2. The highest BCUT2D eigenvalue weighted by Gasteiger charge is 2.47. The van der Waals surface area contributed by atoms with Crippen LogP contribution in [-0.2, 0) is 14.8 Å². The number of anilines is 1. The number of benzene rings is 1. The summed E-state index contributed by atoms with van der Waals surface area (Å²) in [6.45, 7) is 3.61. The summed E-state index contributed by atoms with van der Waals surface area (Å²) in [4.78, 5) is 11.0. The van der Waals surface area contributed by atoms with E-state index < -0.39 is 27.0 Å².